The number of ether oxygens (including phenoxy) is 3. The van der Waals surface area contributed by atoms with E-state index >= 15 is 0 Å². The van der Waals surface area contributed by atoms with Gasteiger partial charge in [0, 0.05) is 23.6 Å². The van der Waals surface area contributed by atoms with Crippen molar-refractivity contribution in [3.05, 3.63) is 70.1 Å². The fourth-order valence-electron chi connectivity index (χ4n) is 5.03. The van der Waals surface area contributed by atoms with Crippen molar-refractivity contribution in [2.75, 3.05) is 26.6 Å². The molecule has 0 amide bonds. The molecule has 0 fully saturated rings. The number of aromatic hydroxyl groups is 1. The quantitative estimate of drug-likeness (QED) is 0.564. The highest BCUT2D eigenvalue weighted by atomic mass is 16.5. The lowest BCUT2D eigenvalue weighted by Gasteiger charge is -2.34. The van der Waals surface area contributed by atoms with Crippen molar-refractivity contribution in [3.63, 3.8) is 0 Å². The summed E-state index contributed by atoms with van der Waals surface area (Å²) in [6, 6.07) is 11.0. The molecule has 1 aromatic heterocycles. The predicted octanol–water partition coefficient (Wildman–Crippen LogP) is 4.67. The van der Waals surface area contributed by atoms with Gasteiger partial charge in [0.05, 0.1) is 32.6 Å². The van der Waals surface area contributed by atoms with Gasteiger partial charge in [0.25, 0.3) is 0 Å². The van der Waals surface area contributed by atoms with Gasteiger partial charge >= 0.3 is 0 Å². The van der Waals surface area contributed by atoms with Gasteiger partial charge in [-0.3, -0.25) is 4.79 Å². The first kappa shape index (κ1) is 21.9. The SMILES string of the molecule is COc1ccc([C@H]2C3=C(C[C@H](c4ccc(OC)c(OC)c4)CC3=O)Nc3onc(C)c32)cc1O. The number of ketones is 1. The van der Waals surface area contributed by atoms with Crippen molar-refractivity contribution < 1.29 is 28.6 Å². The molecule has 2 atom stereocenters. The predicted molar refractivity (Wildman–Crippen MR) is 125 cm³/mol. The molecular weight excluding hydrogens is 436 g/mol. The Morgan fingerprint density at radius 1 is 0.971 bits per heavy atom. The molecule has 2 heterocycles. The molecule has 1 aliphatic carbocycles. The van der Waals surface area contributed by atoms with Crippen LogP contribution in [0.5, 0.6) is 23.0 Å². The minimum Gasteiger partial charge on any atom is -0.504 e. The molecule has 2 N–H and O–H groups in total. The van der Waals surface area contributed by atoms with Crippen molar-refractivity contribution in [2.45, 2.75) is 31.6 Å². The maximum absolute atomic E-state index is 13.6. The standard InChI is InChI=1S/C26H26N2O6/c1-13-23-24(15-6-7-20(31-2)18(29)10-15)25-17(27-26(23)34-28-13)9-16(11-19(25)30)14-5-8-21(32-3)22(12-14)33-4/h5-8,10,12,16,24,27,29H,9,11H2,1-4H3/t16-,24+/m0/s1. The number of phenolic OH excluding ortho intramolecular Hbond substituents is 1. The maximum atomic E-state index is 13.6. The van der Waals surface area contributed by atoms with Gasteiger partial charge in [-0.2, -0.15) is 0 Å². The second kappa shape index (κ2) is 8.44. The van der Waals surface area contributed by atoms with Crippen molar-refractivity contribution in [3.8, 4) is 23.0 Å². The van der Waals surface area contributed by atoms with E-state index < -0.39 is 5.92 Å². The summed E-state index contributed by atoms with van der Waals surface area (Å²) in [5.74, 6) is 1.80. The van der Waals surface area contributed by atoms with E-state index in [4.69, 9.17) is 18.7 Å². The van der Waals surface area contributed by atoms with E-state index in [-0.39, 0.29) is 17.5 Å². The van der Waals surface area contributed by atoms with Gasteiger partial charge in [-0.15, -0.1) is 0 Å². The molecule has 176 valence electrons. The zero-order chi connectivity index (χ0) is 24.0. The Morgan fingerprint density at radius 3 is 2.38 bits per heavy atom. The first-order valence-corrected chi connectivity index (χ1v) is 11.0. The minimum atomic E-state index is -0.395. The highest BCUT2D eigenvalue weighted by Gasteiger charge is 2.41. The van der Waals surface area contributed by atoms with Crippen molar-refractivity contribution in [1.82, 2.24) is 5.16 Å². The number of carbonyl (C=O) groups excluding carboxylic acids is 1. The summed E-state index contributed by atoms with van der Waals surface area (Å²) in [6.45, 7) is 1.85. The van der Waals surface area contributed by atoms with E-state index in [1.165, 1.54) is 7.11 Å². The Kier molecular flexibility index (Phi) is 5.43. The number of allylic oxidation sites excluding steroid dienone is 2. The van der Waals surface area contributed by atoms with E-state index in [0.29, 0.717) is 47.2 Å². The molecule has 0 radical (unpaired) electrons. The monoisotopic (exact) mass is 462 g/mol. The number of benzene rings is 2. The number of aryl methyl sites for hydroxylation is 1. The number of anilines is 1. The van der Waals surface area contributed by atoms with Crippen LogP contribution < -0.4 is 19.5 Å². The average molecular weight is 463 g/mol. The third kappa shape index (κ3) is 3.46. The summed E-state index contributed by atoms with van der Waals surface area (Å²) in [5, 5.41) is 17.9. The van der Waals surface area contributed by atoms with Crippen LogP contribution in [0.2, 0.25) is 0 Å². The Hall–Kier alpha value is -3.94. The van der Waals surface area contributed by atoms with Crippen LogP contribution in [0.25, 0.3) is 0 Å². The summed E-state index contributed by atoms with van der Waals surface area (Å²) in [7, 11) is 4.69. The Bertz CT molecular complexity index is 1310. The zero-order valence-corrected chi connectivity index (χ0v) is 19.5. The summed E-state index contributed by atoms with van der Waals surface area (Å²) in [6.07, 6.45) is 0.975. The van der Waals surface area contributed by atoms with Crippen LogP contribution in [-0.4, -0.2) is 37.4 Å². The third-order valence-corrected chi connectivity index (χ3v) is 6.67. The molecule has 1 aliphatic heterocycles. The number of nitrogens with one attached hydrogen (secondary N) is 1. The van der Waals surface area contributed by atoms with Crippen LogP contribution in [0.15, 0.2) is 52.2 Å². The van der Waals surface area contributed by atoms with Gasteiger partial charge in [-0.05, 0) is 54.7 Å². The van der Waals surface area contributed by atoms with E-state index in [1.54, 1.807) is 26.4 Å². The molecule has 34 heavy (non-hydrogen) atoms. The first-order valence-electron chi connectivity index (χ1n) is 11.0. The van der Waals surface area contributed by atoms with Crippen molar-refractivity contribution >= 4 is 11.7 Å². The van der Waals surface area contributed by atoms with Crippen LogP contribution in [-0.2, 0) is 4.79 Å². The minimum absolute atomic E-state index is 0.0165. The van der Waals surface area contributed by atoms with Crippen LogP contribution in [0.1, 0.15) is 47.1 Å². The second-order valence-electron chi connectivity index (χ2n) is 8.54. The van der Waals surface area contributed by atoms with Gasteiger partial charge in [0.15, 0.2) is 28.8 Å². The number of methoxy groups -OCH3 is 3. The highest BCUT2D eigenvalue weighted by Crippen LogP contribution is 2.50. The lowest BCUT2D eigenvalue weighted by Crippen LogP contribution is -2.29. The number of Topliss-reactive ketones (excluding diaryl/α,β-unsaturated/α-hetero) is 1. The number of hydrogen-bond acceptors (Lipinski definition) is 8. The number of nitrogens with zero attached hydrogens (tertiary/aromatic N) is 1. The van der Waals surface area contributed by atoms with Crippen LogP contribution in [0.4, 0.5) is 5.88 Å². The van der Waals surface area contributed by atoms with Crippen LogP contribution in [0, 0.1) is 6.92 Å². The third-order valence-electron chi connectivity index (χ3n) is 6.67. The molecule has 0 unspecified atom stereocenters. The van der Waals surface area contributed by atoms with Crippen LogP contribution >= 0.6 is 0 Å². The number of phenols is 1. The fraction of sp³-hybridized carbons (Fsp3) is 0.308. The second-order valence-corrected chi connectivity index (χ2v) is 8.54. The number of carbonyl (C=O) groups is 1. The van der Waals surface area contributed by atoms with Gasteiger partial charge in [-0.25, -0.2) is 0 Å². The largest absolute Gasteiger partial charge is 0.504 e. The topological polar surface area (TPSA) is 103 Å². The molecule has 0 saturated heterocycles. The highest BCUT2D eigenvalue weighted by molar-refractivity contribution is 6.01. The Morgan fingerprint density at radius 2 is 1.68 bits per heavy atom. The molecule has 8 heteroatoms. The summed E-state index contributed by atoms with van der Waals surface area (Å²) in [4.78, 5) is 13.6. The first-order chi connectivity index (χ1) is 16.4. The molecule has 0 spiro atoms. The molecule has 5 rings (SSSR count). The summed E-state index contributed by atoms with van der Waals surface area (Å²) < 4.78 is 21.6. The van der Waals surface area contributed by atoms with E-state index in [0.717, 1.165) is 22.4 Å². The van der Waals surface area contributed by atoms with Crippen LogP contribution in [0.3, 0.4) is 0 Å². The molecule has 2 aromatic carbocycles. The maximum Gasteiger partial charge on any atom is 0.233 e. The number of aromatic nitrogens is 1. The Balaban J connectivity index is 1.58. The van der Waals surface area contributed by atoms with Gasteiger partial charge < -0.3 is 29.2 Å². The number of hydrogen-bond donors (Lipinski definition) is 2. The van der Waals surface area contributed by atoms with Gasteiger partial charge in [0.2, 0.25) is 5.88 Å². The van der Waals surface area contributed by atoms with E-state index in [2.05, 4.69) is 10.5 Å². The Labute approximate surface area is 197 Å². The smallest absolute Gasteiger partial charge is 0.233 e. The van der Waals surface area contributed by atoms with E-state index in [9.17, 15) is 9.90 Å². The molecule has 0 saturated carbocycles. The molecule has 8 nitrogen and oxygen atoms in total. The zero-order valence-electron chi connectivity index (χ0n) is 19.5. The van der Waals surface area contributed by atoms with Crippen molar-refractivity contribution in [1.29, 1.82) is 0 Å². The van der Waals surface area contributed by atoms with Crippen molar-refractivity contribution in [2.24, 2.45) is 0 Å². The molecule has 2 aliphatic rings. The van der Waals surface area contributed by atoms with E-state index in [1.807, 2.05) is 31.2 Å². The molecule has 0 bridgehead atoms. The number of fused-ring (bicyclic) bond motifs is 1. The van der Waals surface area contributed by atoms with Gasteiger partial charge in [-0.1, -0.05) is 17.3 Å². The number of rotatable bonds is 5. The molecular formula is C26H26N2O6. The normalized spacial score (nSPS) is 19.2. The fourth-order valence-corrected chi connectivity index (χ4v) is 5.03. The lowest BCUT2D eigenvalue weighted by atomic mass is 9.72. The average Bonchev–Trinajstić information content (AvgIpc) is 3.22. The molecule has 3 aromatic rings. The summed E-state index contributed by atoms with van der Waals surface area (Å²) >= 11 is 0. The van der Waals surface area contributed by atoms with Gasteiger partial charge in [0.1, 0.15) is 0 Å². The lowest BCUT2D eigenvalue weighted by molar-refractivity contribution is -0.116. The summed E-state index contributed by atoms with van der Waals surface area (Å²) in [5.41, 5.74) is 4.76.